The topological polar surface area (TPSA) is 54.3 Å². The Morgan fingerprint density at radius 2 is 1.69 bits per heavy atom. The summed E-state index contributed by atoms with van der Waals surface area (Å²) in [6, 6.07) is 17.5. The molecule has 0 radical (unpaired) electrons. The fraction of sp³-hybridized carbons (Fsp3) is 0.286. The first-order valence-corrected chi connectivity index (χ1v) is 10.8. The summed E-state index contributed by atoms with van der Waals surface area (Å²) in [5.74, 6) is 1.21. The molecule has 0 bridgehead atoms. The van der Waals surface area contributed by atoms with Crippen LogP contribution in [0.3, 0.4) is 0 Å². The van der Waals surface area contributed by atoms with Crippen molar-refractivity contribution in [2.75, 3.05) is 39.0 Å². The number of amides is 1. The fourth-order valence-corrected chi connectivity index (χ4v) is 4.21. The smallest absolute Gasteiger partial charge is 0.233 e. The molecule has 1 aliphatic rings. The first-order chi connectivity index (χ1) is 14.1. The van der Waals surface area contributed by atoms with Gasteiger partial charge in [-0.25, -0.2) is 0 Å². The highest BCUT2D eigenvalue weighted by Crippen LogP contribution is 2.28. The molecule has 0 atom stereocenters. The largest absolute Gasteiger partial charge is 0.339 e. The fourth-order valence-electron chi connectivity index (χ4n) is 3.23. The number of hydrogen-bond donors (Lipinski definition) is 0. The molecule has 4 rings (SSSR count). The molecule has 1 saturated heterocycles. The molecule has 2 aromatic carbocycles. The molecule has 1 amide bonds. The van der Waals surface area contributed by atoms with Gasteiger partial charge in [0.15, 0.2) is 11.0 Å². The van der Waals surface area contributed by atoms with Crippen molar-refractivity contribution in [3.8, 4) is 17.1 Å². The van der Waals surface area contributed by atoms with Gasteiger partial charge >= 0.3 is 0 Å². The molecule has 0 spiro atoms. The van der Waals surface area contributed by atoms with Crippen molar-refractivity contribution >= 4 is 29.3 Å². The van der Waals surface area contributed by atoms with Gasteiger partial charge in [-0.05, 0) is 31.3 Å². The van der Waals surface area contributed by atoms with Crippen LogP contribution in [0.1, 0.15) is 0 Å². The van der Waals surface area contributed by atoms with Crippen LogP contribution in [0.5, 0.6) is 0 Å². The van der Waals surface area contributed by atoms with Crippen molar-refractivity contribution in [3.63, 3.8) is 0 Å². The minimum Gasteiger partial charge on any atom is -0.339 e. The third kappa shape index (κ3) is 4.63. The minimum atomic E-state index is 0.134. The zero-order valence-electron chi connectivity index (χ0n) is 16.2. The van der Waals surface area contributed by atoms with Crippen molar-refractivity contribution in [2.24, 2.45) is 0 Å². The van der Waals surface area contributed by atoms with E-state index in [4.69, 9.17) is 11.6 Å². The molecule has 29 heavy (non-hydrogen) atoms. The Kier molecular flexibility index (Phi) is 6.18. The van der Waals surface area contributed by atoms with Crippen molar-refractivity contribution in [2.45, 2.75) is 5.16 Å². The van der Waals surface area contributed by atoms with Crippen LogP contribution in [0, 0.1) is 0 Å². The Hall–Kier alpha value is -2.35. The van der Waals surface area contributed by atoms with Crippen LogP contribution in [0.2, 0.25) is 5.02 Å². The van der Waals surface area contributed by atoms with Crippen LogP contribution < -0.4 is 0 Å². The maximum absolute atomic E-state index is 12.7. The van der Waals surface area contributed by atoms with E-state index in [1.165, 1.54) is 11.8 Å². The maximum Gasteiger partial charge on any atom is 0.233 e. The van der Waals surface area contributed by atoms with E-state index in [1.54, 1.807) is 0 Å². The van der Waals surface area contributed by atoms with Crippen LogP contribution in [0.25, 0.3) is 17.1 Å². The van der Waals surface area contributed by atoms with E-state index >= 15 is 0 Å². The van der Waals surface area contributed by atoms with E-state index in [9.17, 15) is 4.79 Å². The predicted octanol–water partition coefficient (Wildman–Crippen LogP) is 3.45. The molecule has 8 heteroatoms. The lowest BCUT2D eigenvalue weighted by molar-refractivity contribution is -0.129. The first-order valence-electron chi connectivity index (χ1n) is 9.48. The van der Waals surface area contributed by atoms with E-state index < -0.39 is 0 Å². The zero-order chi connectivity index (χ0) is 20.2. The summed E-state index contributed by atoms with van der Waals surface area (Å²) in [6.07, 6.45) is 0. The van der Waals surface area contributed by atoms with Crippen LogP contribution in [0.15, 0.2) is 59.8 Å². The Morgan fingerprint density at radius 3 is 2.38 bits per heavy atom. The van der Waals surface area contributed by atoms with Crippen LogP contribution in [-0.4, -0.2) is 69.5 Å². The molecular weight excluding hydrogens is 406 g/mol. The van der Waals surface area contributed by atoms with E-state index in [-0.39, 0.29) is 5.91 Å². The average Bonchev–Trinajstić information content (AvgIpc) is 3.17. The van der Waals surface area contributed by atoms with Gasteiger partial charge in [0.1, 0.15) is 0 Å². The summed E-state index contributed by atoms with van der Waals surface area (Å²) in [7, 11) is 2.08. The summed E-state index contributed by atoms with van der Waals surface area (Å²) in [5.41, 5.74) is 1.87. The van der Waals surface area contributed by atoms with Gasteiger partial charge in [0.2, 0.25) is 5.91 Å². The predicted molar refractivity (Wildman–Crippen MR) is 117 cm³/mol. The van der Waals surface area contributed by atoms with Crippen molar-refractivity contribution in [3.05, 3.63) is 59.6 Å². The summed E-state index contributed by atoms with van der Waals surface area (Å²) in [4.78, 5) is 16.8. The molecule has 0 saturated carbocycles. The SMILES string of the molecule is CN1CCN(C(=O)CSc2nnc(-c3ccccc3)n2-c2ccc(Cl)cc2)CC1. The minimum absolute atomic E-state index is 0.134. The van der Waals surface area contributed by atoms with E-state index in [0.717, 1.165) is 43.3 Å². The molecule has 3 aromatic rings. The molecule has 1 aromatic heterocycles. The quantitative estimate of drug-likeness (QED) is 0.584. The number of thioether (sulfide) groups is 1. The number of aromatic nitrogens is 3. The lowest BCUT2D eigenvalue weighted by Crippen LogP contribution is -2.47. The first kappa shape index (κ1) is 19.9. The zero-order valence-corrected chi connectivity index (χ0v) is 17.7. The van der Waals surface area contributed by atoms with Crippen molar-refractivity contribution in [1.29, 1.82) is 0 Å². The van der Waals surface area contributed by atoms with Gasteiger partial charge in [-0.15, -0.1) is 10.2 Å². The Bertz CT molecular complexity index is 968. The van der Waals surface area contributed by atoms with E-state index in [0.29, 0.717) is 15.9 Å². The third-order valence-corrected chi connectivity index (χ3v) is 6.10. The Labute approximate surface area is 179 Å². The van der Waals surface area contributed by atoms with Gasteiger partial charge in [-0.2, -0.15) is 0 Å². The summed E-state index contributed by atoms with van der Waals surface area (Å²) in [6.45, 7) is 3.37. The maximum atomic E-state index is 12.7. The molecule has 0 aliphatic carbocycles. The molecule has 0 unspecified atom stereocenters. The third-order valence-electron chi connectivity index (χ3n) is 4.93. The number of carbonyl (C=O) groups is 1. The van der Waals surface area contributed by atoms with Crippen LogP contribution in [-0.2, 0) is 4.79 Å². The summed E-state index contributed by atoms with van der Waals surface area (Å²) >= 11 is 7.49. The number of hydrogen-bond acceptors (Lipinski definition) is 5. The number of rotatable bonds is 5. The Morgan fingerprint density at radius 1 is 1.00 bits per heavy atom. The summed E-state index contributed by atoms with van der Waals surface area (Å²) < 4.78 is 1.98. The molecule has 2 heterocycles. The normalized spacial score (nSPS) is 14.9. The van der Waals surface area contributed by atoms with Gasteiger partial charge in [0, 0.05) is 42.5 Å². The van der Waals surface area contributed by atoms with Gasteiger partial charge < -0.3 is 9.80 Å². The van der Waals surface area contributed by atoms with Gasteiger partial charge in [0.25, 0.3) is 0 Å². The highest BCUT2D eigenvalue weighted by Gasteiger charge is 2.21. The number of nitrogens with zero attached hydrogens (tertiary/aromatic N) is 5. The highest BCUT2D eigenvalue weighted by molar-refractivity contribution is 7.99. The second kappa shape index (κ2) is 8.98. The average molecular weight is 428 g/mol. The van der Waals surface area contributed by atoms with Crippen molar-refractivity contribution < 1.29 is 4.79 Å². The van der Waals surface area contributed by atoms with Gasteiger partial charge in [-0.1, -0.05) is 53.7 Å². The second-order valence-corrected chi connectivity index (χ2v) is 8.34. The van der Waals surface area contributed by atoms with Crippen LogP contribution >= 0.6 is 23.4 Å². The van der Waals surface area contributed by atoms with Crippen LogP contribution in [0.4, 0.5) is 0 Å². The number of carbonyl (C=O) groups excluding carboxylic acids is 1. The Balaban J connectivity index is 1.59. The number of benzene rings is 2. The molecule has 1 aliphatic heterocycles. The van der Waals surface area contributed by atoms with Crippen molar-refractivity contribution in [1.82, 2.24) is 24.6 Å². The van der Waals surface area contributed by atoms with Gasteiger partial charge in [0.05, 0.1) is 5.75 Å². The molecule has 0 N–H and O–H groups in total. The second-order valence-electron chi connectivity index (χ2n) is 6.96. The molecule has 1 fully saturated rings. The number of halogens is 1. The molecule has 6 nitrogen and oxygen atoms in total. The highest BCUT2D eigenvalue weighted by atomic mass is 35.5. The van der Waals surface area contributed by atoms with E-state index in [1.807, 2.05) is 64.1 Å². The van der Waals surface area contributed by atoms with Gasteiger partial charge in [-0.3, -0.25) is 9.36 Å². The lowest BCUT2D eigenvalue weighted by atomic mass is 10.2. The number of likely N-dealkylation sites (N-methyl/N-ethyl adjacent to an activating group) is 1. The summed E-state index contributed by atoms with van der Waals surface area (Å²) in [5, 5.41) is 10.2. The molecule has 150 valence electrons. The monoisotopic (exact) mass is 427 g/mol. The molecular formula is C21H22ClN5OS. The number of piperazine rings is 1. The van der Waals surface area contributed by atoms with E-state index in [2.05, 4.69) is 22.1 Å². The standard InChI is InChI=1S/C21H22ClN5OS/c1-25-11-13-26(14-12-25)19(28)15-29-21-24-23-20(16-5-3-2-4-6-16)27(21)18-9-7-17(22)8-10-18/h2-10H,11-15H2,1H3. The lowest BCUT2D eigenvalue weighted by Gasteiger charge is -2.32.